The lowest BCUT2D eigenvalue weighted by Crippen LogP contribution is -2.31. The minimum Gasteiger partial charge on any atom is -0.495 e. The molecule has 2 aromatic rings. The minimum atomic E-state index is -4.07. The van der Waals surface area contributed by atoms with Crippen molar-refractivity contribution < 1.29 is 26.4 Å². The molecule has 28 heavy (non-hydrogen) atoms. The average molecular weight is 425 g/mol. The zero-order chi connectivity index (χ0) is 20.5. The van der Waals surface area contributed by atoms with Gasteiger partial charge in [-0.25, -0.2) is 25.9 Å². The average Bonchev–Trinajstić information content (AvgIpc) is 2.87. The van der Waals surface area contributed by atoms with Crippen molar-refractivity contribution in [3.05, 3.63) is 48.3 Å². The standard InChI is InChI=1S/C17H19N3O6S2/c1-12-11-27(22,23)20(17(12)21)14-6-7-15(26-2)16(9-14)28(24,25)19-10-13-5-3-4-8-18-13/h3-9,12,19H,10-11H2,1-2H3. The first-order valence-electron chi connectivity index (χ1n) is 8.30. The number of anilines is 1. The fourth-order valence-corrected chi connectivity index (χ4v) is 5.84. The van der Waals surface area contributed by atoms with Gasteiger partial charge in [0.25, 0.3) is 0 Å². The lowest BCUT2D eigenvalue weighted by molar-refractivity contribution is -0.119. The molecule has 1 N–H and O–H groups in total. The zero-order valence-electron chi connectivity index (χ0n) is 15.2. The molecule has 0 bridgehead atoms. The first-order valence-corrected chi connectivity index (χ1v) is 11.4. The summed E-state index contributed by atoms with van der Waals surface area (Å²) in [5.41, 5.74) is 0.459. The molecule has 11 heteroatoms. The van der Waals surface area contributed by atoms with Gasteiger partial charge in [-0.1, -0.05) is 13.0 Å². The molecule has 1 atom stereocenters. The van der Waals surface area contributed by atoms with E-state index in [1.807, 2.05) is 0 Å². The van der Waals surface area contributed by atoms with E-state index in [9.17, 15) is 21.6 Å². The third kappa shape index (κ3) is 3.86. The largest absolute Gasteiger partial charge is 0.495 e. The topological polar surface area (TPSA) is 123 Å². The van der Waals surface area contributed by atoms with Crippen LogP contribution in [0.5, 0.6) is 5.75 Å². The van der Waals surface area contributed by atoms with Crippen LogP contribution in [0.25, 0.3) is 0 Å². The number of ether oxygens (including phenoxy) is 1. The molecule has 1 fully saturated rings. The third-order valence-corrected chi connectivity index (χ3v) is 7.49. The molecule has 1 amide bonds. The van der Waals surface area contributed by atoms with Crippen LogP contribution in [0.3, 0.4) is 0 Å². The Morgan fingerprint density at radius 1 is 1.29 bits per heavy atom. The van der Waals surface area contributed by atoms with E-state index in [0.717, 1.165) is 6.07 Å². The fourth-order valence-electron chi connectivity index (χ4n) is 2.84. The Hall–Kier alpha value is -2.50. The number of methoxy groups -OCH3 is 1. The number of pyridine rings is 1. The molecule has 0 saturated carbocycles. The molecule has 2 heterocycles. The van der Waals surface area contributed by atoms with E-state index in [0.29, 0.717) is 10.00 Å². The van der Waals surface area contributed by atoms with E-state index in [1.165, 1.54) is 32.4 Å². The number of amides is 1. The number of rotatable bonds is 6. The first kappa shape index (κ1) is 20.2. The molecule has 3 rings (SSSR count). The van der Waals surface area contributed by atoms with Crippen molar-refractivity contribution in [3.63, 3.8) is 0 Å². The highest BCUT2D eigenvalue weighted by atomic mass is 32.2. The van der Waals surface area contributed by atoms with Gasteiger partial charge in [0, 0.05) is 6.20 Å². The second-order valence-electron chi connectivity index (χ2n) is 6.26. The number of hydrogen-bond acceptors (Lipinski definition) is 7. The Balaban J connectivity index is 1.98. The lowest BCUT2D eigenvalue weighted by atomic mass is 10.2. The first-order chi connectivity index (χ1) is 13.2. The van der Waals surface area contributed by atoms with E-state index >= 15 is 0 Å². The van der Waals surface area contributed by atoms with Gasteiger partial charge in [0.2, 0.25) is 26.0 Å². The Bertz CT molecular complexity index is 1100. The van der Waals surface area contributed by atoms with E-state index in [4.69, 9.17) is 4.74 Å². The molecular weight excluding hydrogens is 406 g/mol. The highest BCUT2D eigenvalue weighted by Crippen LogP contribution is 2.33. The van der Waals surface area contributed by atoms with Crippen molar-refractivity contribution in [2.24, 2.45) is 5.92 Å². The predicted molar refractivity (Wildman–Crippen MR) is 102 cm³/mol. The Kier molecular flexibility index (Phi) is 5.41. The maximum Gasteiger partial charge on any atom is 0.244 e. The molecule has 1 aliphatic rings. The Labute approximate surface area is 163 Å². The van der Waals surface area contributed by atoms with Crippen molar-refractivity contribution in [2.45, 2.75) is 18.4 Å². The van der Waals surface area contributed by atoms with Gasteiger partial charge in [-0.2, -0.15) is 0 Å². The van der Waals surface area contributed by atoms with Crippen molar-refractivity contribution in [1.29, 1.82) is 0 Å². The summed E-state index contributed by atoms with van der Waals surface area (Å²) in [5.74, 6) is -1.60. The number of aromatic nitrogens is 1. The van der Waals surface area contributed by atoms with Crippen molar-refractivity contribution in [1.82, 2.24) is 9.71 Å². The highest BCUT2D eigenvalue weighted by Gasteiger charge is 2.42. The maximum absolute atomic E-state index is 12.8. The van der Waals surface area contributed by atoms with Gasteiger partial charge in [-0.3, -0.25) is 9.78 Å². The van der Waals surface area contributed by atoms with Gasteiger partial charge in [0.05, 0.1) is 36.7 Å². The number of sulfonamides is 2. The predicted octanol–water partition coefficient (Wildman–Crippen LogP) is 0.881. The van der Waals surface area contributed by atoms with E-state index in [1.54, 1.807) is 18.2 Å². The monoisotopic (exact) mass is 425 g/mol. The van der Waals surface area contributed by atoms with E-state index < -0.39 is 31.9 Å². The summed E-state index contributed by atoms with van der Waals surface area (Å²) >= 11 is 0. The molecule has 0 spiro atoms. The van der Waals surface area contributed by atoms with Crippen LogP contribution in [0.1, 0.15) is 12.6 Å². The second-order valence-corrected chi connectivity index (χ2v) is 9.86. The van der Waals surface area contributed by atoms with Gasteiger partial charge in [-0.15, -0.1) is 0 Å². The second kappa shape index (κ2) is 7.49. The molecule has 1 unspecified atom stereocenters. The van der Waals surface area contributed by atoms with Crippen molar-refractivity contribution in [3.8, 4) is 5.75 Å². The van der Waals surface area contributed by atoms with Gasteiger partial charge >= 0.3 is 0 Å². The van der Waals surface area contributed by atoms with Crippen LogP contribution >= 0.6 is 0 Å². The summed E-state index contributed by atoms with van der Waals surface area (Å²) in [6.45, 7) is 1.45. The van der Waals surface area contributed by atoms with E-state index in [-0.39, 0.29) is 28.6 Å². The molecule has 0 radical (unpaired) electrons. The number of carbonyl (C=O) groups is 1. The fraction of sp³-hybridized carbons (Fsp3) is 0.294. The third-order valence-electron chi connectivity index (χ3n) is 4.20. The Morgan fingerprint density at radius 3 is 2.61 bits per heavy atom. The Morgan fingerprint density at radius 2 is 2.04 bits per heavy atom. The number of hydrogen-bond donors (Lipinski definition) is 1. The molecule has 150 valence electrons. The van der Waals surface area contributed by atoms with Gasteiger partial charge in [-0.05, 0) is 30.3 Å². The summed E-state index contributed by atoms with van der Waals surface area (Å²) < 4.78 is 58.4. The van der Waals surface area contributed by atoms with Crippen LogP contribution < -0.4 is 13.8 Å². The van der Waals surface area contributed by atoms with Crippen LogP contribution in [0, 0.1) is 5.92 Å². The van der Waals surface area contributed by atoms with Crippen molar-refractivity contribution >= 4 is 31.6 Å². The highest BCUT2D eigenvalue weighted by molar-refractivity contribution is 7.94. The zero-order valence-corrected chi connectivity index (χ0v) is 16.8. The molecule has 1 aromatic heterocycles. The number of carbonyl (C=O) groups excluding carboxylic acids is 1. The van der Waals surface area contributed by atoms with Crippen molar-refractivity contribution in [2.75, 3.05) is 17.2 Å². The van der Waals surface area contributed by atoms with Gasteiger partial charge < -0.3 is 4.74 Å². The quantitative estimate of drug-likeness (QED) is 0.729. The minimum absolute atomic E-state index is 0.0226. The number of benzene rings is 1. The molecule has 1 aliphatic heterocycles. The van der Waals surface area contributed by atoms with Crippen LogP contribution in [-0.4, -0.2) is 40.6 Å². The summed E-state index contributed by atoms with van der Waals surface area (Å²) in [6.07, 6.45) is 1.54. The number of nitrogens with zero attached hydrogens (tertiary/aromatic N) is 2. The summed E-state index contributed by atoms with van der Waals surface area (Å²) in [6, 6.07) is 8.86. The summed E-state index contributed by atoms with van der Waals surface area (Å²) in [4.78, 5) is 16.1. The summed E-state index contributed by atoms with van der Waals surface area (Å²) in [7, 11) is -6.63. The van der Waals surface area contributed by atoms with Gasteiger partial charge in [0.1, 0.15) is 10.6 Å². The molecule has 0 aliphatic carbocycles. The van der Waals surface area contributed by atoms with Crippen LogP contribution in [0.2, 0.25) is 0 Å². The van der Waals surface area contributed by atoms with Crippen LogP contribution in [0.15, 0.2) is 47.5 Å². The molecular formula is C17H19N3O6S2. The lowest BCUT2D eigenvalue weighted by Gasteiger charge is -2.18. The van der Waals surface area contributed by atoms with Crippen LogP contribution in [-0.2, 0) is 31.4 Å². The molecule has 1 aromatic carbocycles. The maximum atomic E-state index is 12.8. The molecule has 9 nitrogen and oxygen atoms in total. The SMILES string of the molecule is COc1ccc(N2C(=O)C(C)CS2(=O)=O)cc1S(=O)(=O)NCc1ccccn1. The molecule has 1 saturated heterocycles. The number of nitrogens with one attached hydrogen (secondary N) is 1. The van der Waals surface area contributed by atoms with Gasteiger partial charge in [0.15, 0.2) is 0 Å². The summed E-state index contributed by atoms with van der Waals surface area (Å²) in [5, 5.41) is 0. The van der Waals surface area contributed by atoms with Crippen LogP contribution in [0.4, 0.5) is 5.69 Å². The van der Waals surface area contributed by atoms with E-state index in [2.05, 4.69) is 9.71 Å². The normalized spacial score (nSPS) is 19.0. The smallest absolute Gasteiger partial charge is 0.244 e.